The van der Waals surface area contributed by atoms with Crippen LogP contribution >= 0.6 is 11.6 Å². The molecule has 2 N–H and O–H groups in total. The van der Waals surface area contributed by atoms with Crippen molar-refractivity contribution in [3.05, 3.63) is 46.2 Å². The van der Waals surface area contributed by atoms with Gasteiger partial charge in [-0.2, -0.15) is 5.10 Å². The number of aromatic amines is 1. The Kier molecular flexibility index (Phi) is 5.82. The molecule has 7 nitrogen and oxygen atoms in total. The van der Waals surface area contributed by atoms with E-state index in [4.69, 9.17) is 16.4 Å². The van der Waals surface area contributed by atoms with E-state index >= 15 is 0 Å². The molecule has 8 heteroatoms. The highest BCUT2D eigenvalue weighted by molar-refractivity contribution is 6.30. The van der Waals surface area contributed by atoms with E-state index in [-0.39, 0.29) is 23.8 Å². The molecule has 1 heterocycles. The summed E-state index contributed by atoms with van der Waals surface area (Å²) in [6, 6.07) is 7.04. The van der Waals surface area contributed by atoms with E-state index in [9.17, 15) is 9.59 Å². The molecule has 0 saturated heterocycles. The first-order chi connectivity index (χ1) is 12.8. The van der Waals surface area contributed by atoms with Crippen LogP contribution in [0.1, 0.15) is 42.0 Å². The molecule has 0 bridgehead atoms. The van der Waals surface area contributed by atoms with Gasteiger partial charge in [0, 0.05) is 34.9 Å². The molecular formula is C19H23ClN4O3. The topological polar surface area (TPSA) is 87.3 Å². The lowest BCUT2D eigenvalue weighted by molar-refractivity contribution is -0.136. The summed E-state index contributed by atoms with van der Waals surface area (Å²) < 4.78 is 0. The Bertz CT molecular complexity index is 849. The van der Waals surface area contributed by atoms with Gasteiger partial charge >= 0.3 is 0 Å². The highest BCUT2D eigenvalue weighted by atomic mass is 35.5. The molecular weight excluding hydrogens is 368 g/mol. The Morgan fingerprint density at radius 3 is 2.89 bits per heavy atom. The maximum atomic E-state index is 12.7. The number of hydrogen-bond acceptors (Lipinski definition) is 4. The predicted molar refractivity (Wildman–Crippen MR) is 102 cm³/mol. The first kappa shape index (κ1) is 19.4. The van der Waals surface area contributed by atoms with Crippen molar-refractivity contribution in [2.75, 3.05) is 12.4 Å². The molecule has 1 atom stereocenters. The highest BCUT2D eigenvalue weighted by Gasteiger charge is 2.31. The second kappa shape index (κ2) is 8.10. The van der Waals surface area contributed by atoms with E-state index in [1.165, 1.54) is 5.06 Å². The number of carbonyl (C=O) groups excluding carboxylic acids is 2. The van der Waals surface area contributed by atoms with E-state index < -0.39 is 0 Å². The average Bonchev–Trinajstić information content (AvgIpc) is 3.03. The lowest BCUT2D eigenvalue weighted by Crippen LogP contribution is -2.32. The van der Waals surface area contributed by atoms with Gasteiger partial charge in [-0.25, -0.2) is 5.06 Å². The smallest absolute Gasteiger partial charge is 0.297 e. The molecule has 1 aromatic heterocycles. The zero-order chi connectivity index (χ0) is 19.6. The zero-order valence-electron chi connectivity index (χ0n) is 15.6. The Hall–Kier alpha value is -2.38. The van der Waals surface area contributed by atoms with Crippen molar-refractivity contribution >= 4 is 29.1 Å². The predicted octanol–water partition coefficient (Wildman–Crippen LogP) is 3.22. The van der Waals surface area contributed by atoms with Gasteiger partial charge in [-0.3, -0.25) is 19.5 Å². The van der Waals surface area contributed by atoms with Crippen molar-refractivity contribution in [3.8, 4) is 0 Å². The van der Waals surface area contributed by atoms with Crippen molar-refractivity contribution < 1.29 is 14.4 Å². The molecule has 144 valence electrons. The minimum Gasteiger partial charge on any atom is -0.326 e. The van der Waals surface area contributed by atoms with E-state index in [1.807, 2.05) is 13.8 Å². The Balaban J connectivity index is 1.73. The summed E-state index contributed by atoms with van der Waals surface area (Å²) in [5.41, 5.74) is 2.67. The molecule has 1 aromatic carbocycles. The maximum absolute atomic E-state index is 12.7. The fraction of sp³-hybridized carbons (Fsp3) is 0.421. The van der Waals surface area contributed by atoms with Crippen LogP contribution in [0.2, 0.25) is 5.02 Å². The van der Waals surface area contributed by atoms with Gasteiger partial charge in [0.05, 0.1) is 6.10 Å². The van der Waals surface area contributed by atoms with Gasteiger partial charge in [-0.05, 0) is 51.3 Å². The fourth-order valence-electron chi connectivity index (χ4n) is 3.22. The number of hydroxylamine groups is 2. The number of aromatic nitrogens is 2. The van der Waals surface area contributed by atoms with Gasteiger partial charge < -0.3 is 5.32 Å². The van der Waals surface area contributed by atoms with E-state index in [2.05, 4.69) is 15.5 Å². The van der Waals surface area contributed by atoms with Crippen LogP contribution in [0.15, 0.2) is 24.3 Å². The number of fused-ring (bicyclic) bond motifs is 1. The number of nitrogens with one attached hydrogen (secondary N) is 2. The fourth-order valence-corrected chi connectivity index (χ4v) is 3.41. The van der Waals surface area contributed by atoms with Gasteiger partial charge in [-0.15, -0.1) is 0 Å². The standard InChI is InChI=1S/C19H23ClN4O3/c1-11(2)27-24(3)19(26)17-15-9-12(7-8-16(15)22-23-17)18(25)21-14-6-4-5-13(20)10-14/h4-6,10-12H,7-9H2,1-3H3,(H,21,25)(H,22,23). The number of benzene rings is 1. The minimum absolute atomic E-state index is 0.0886. The second-order valence-electron chi connectivity index (χ2n) is 6.93. The molecule has 0 saturated carbocycles. The van der Waals surface area contributed by atoms with Gasteiger partial charge in [0.2, 0.25) is 5.91 Å². The molecule has 0 aliphatic heterocycles. The first-order valence-corrected chi connectivity index (χ1v) is 9.30. The third-order valence-corrected chi connectivity index (χ3v) is 4.70. The Morgan fingerprint density at radius 2 is 2.19 bits per heavy atom. The van der Waals surface area contributed by atoms with Gasteiger partial charge in [-0.1, -0.05) is 17.7 Å². The lowest BCUT2D eigenvalue weighted by atomic mass is 9.85. The minimum atomic E-state index is -0.322. The second-order valence-corrected chi connectivity index (χ2v) is 7.36. The lowest BCUT2D eigenvalue weighted by Gasteiger charge is -2.23. The maximum Gasteiger partial charge on any atom is 0.297 e. The summed E-state index contributed by atoms with van der Waals surface area (Å²) in [5, 5.41) is 11.8. The van der Waals surface area contributed by atoms with Crippen molar-refractivity contribution in [1.82, 2.24) is 15.3 Å². The van der Waals surface area contributed by atoms with Crippen LogP contribution in [0.4, 0.5) is 5.69 Å². The molecule has 0 fully saturated rings. The number of anilines is 1. The van der Waals surface area contributed by atoms with Crippen LogP contribution in [-0.2, 0) is 22.5 Å². The average molecular weight is 391 g/mol. The van der Waals surface area contributed by atoms with Crippen LogP contribution in [-0.4, -0.2) is 40.2 Å². The molecule has 1 aliphatic carbocycles. The normalized spacial score (nSPS) is 16.1. The van der Waals surface area contributed by atoms with Crippen LogP contribution in [0.25, 0.3) is 0 Å². The number of hydrogen-bond donors (Lipinski definition) is 2. The number of aryl methyl sites for hydroxylation is 1. The van der Waals surface area contributed by atoms with Crippen molar-refractivity contribution in [3.63, 3.8) is 0 Å². The van der Waals surface area contributed by atoms with Crippen LogP contribution in [0, 0.1) is 5.92 Å². The summed E-state index contributed by atoms with van der Waals surface area (Å²) in [6.45, 7) is 3.69. The molecule has 1 unspecified atom stereocenters. The summed E-state index contributed by atoms with van der Waals surface area (Å²) in [4.78, 5) is 30.7. The highest BCUT2D eigenvalue weighted by Crippen LogP contribution is 2.28. The third kappa shape index (κ3) is 4.48. The molecule has 27 heavy (non-hydrogen) atoms. The van der Waals surface area contributed by atoms with Gasteiger partial charge in [0.15, 0.2) is 5.69 Å². The van der Waals surface area contributed by atoms with Crippen molar-refractivity contribution in [2.45, 2.75) is 39.2 Å². The number of rotatable bonds is 5. The molecule has 1 aliphatic rings. The largest absolute Gasteiger partial charge is 0.326 e. The quantitative estimate of drug-likeness (QED) is 0.767. The van der Waals surface area contributed by atoms with Crippen molar-refractivity contribution in [1.29, 1.82) is 0 Å². The van der Waals surface area contributed by atoms with Crippen LogP contribution in [0.5, 0.6) is 0 Å². The first-order valence-electron chi connectivity index (χ1n) is 8.92. The number of H-pyrrole nitrogens is 1. The Morgan fingerprint density at radius 1 is 1.41 bits per heavy atom. The van der Waals surface area contributed by atoms with Crippen LogP contribution in [0.3, 0.4) is 0 Å². The van der Waals surface area contributed by atoms with Gasteiger partial charge in [0.1, 0.15) is 0 Å². The Labute approximate surface area is 163 Å². The van der Waals surface area contributed by atoms with Crippen LogP contribution < -0.4 is 5.32 Å². The number of carbonyl (C=O) groups is 2. The molecule has 2 amide bonds. The summed E-state index contributed by atoms with van der Waals surface area (Å²) in [6.07, 6.45) is 1.69. The summed E-state index contributed by atoms with van der Waals surface area (Å²) in [7, 11) is 1.57. The van der Waals surface area contributed by atoms with E-state index in [0.29, 0.717) is 35.7 Å². The van der Waals surface area contributed by atoms with Crippen molar-refractivity contribution in [2.24, 2.45) is 5.92 Å². The number of nitrogens with zero attached hydrogens (tertiary/aromatic N) is 2. The number of halogens is 1. The van der Waals surface area contributed by atoms with E-state index in [1.54, 1.807) is 31.3 Å². The molecule has 0 radical (unpaired) electrons. The molecule has 3 rings (SSSR count). The summed E-state index contributed by atoms with van der Waals surface area (Å²) >= 11 is 5.97. The van der Waals surface area contributed by atoms with E-state index in [0.717, 1.165) is 11.3 Å². The SMILES string of the molecule is CC(C)ON(C)C(=O)c1n[nH]c2c1CC(C(=O)Nc1cccc(Cl)c1)CC2. The molecule has 0 spiro atoms. The van der Waals surface area contributed by atoms with Gasteiger partial charge in [0.25, 0.3) is 5.91 Å². The summed E-state index contributed by atoms with van der Waals surface area (Å²) in [5.74, 6) is -0.650. The monoisotopic (exact) mass is 390 g/mol. The zero-order valence-corrected chi connectivity index (χ0v) is 16.3. The molecule has 2 aromatic rings. The third-order valence-electron chi connectivity index (χ3n) is 4.47. The number of amides is 2.